The van der Waals surface area contributed by atoms with Crippen LogP contribution in [0.1, 0.15) is 0 Å². The predicted octanol–water partition coefficient (Wildman–Crippen LogP) is -6.25. The molecule has 0 unspecified atom stereocenters. The van der Waals surface area contributed by atoms with Gasteiger partial charge in [-0.05, 0) is 0 Å². The molecule has 0 N–H and O–H groups in total. The van der Waals surface area contributed by atoms with Gasteiger partial charge in [0.2, 0.25) is 0 Å². The molecule has 0 aromatic rings. The van der Waals surface area contributed by atoms with Crippen LogP contribution in [0.15, 0.2) is 0 Å². The maximum atomic E-state index is 8.52. The Hall–Kier alpha value is 1.88. The van der Waals surface area contributed by atoms with Gasteiger partial charge in [-0.2, -0.15) is 0 Å². The van der Waals surface area contributed by atoms with Crippen molar-refractivity contribution in [3.8, 4) is 0 Å². The monoisotopic (exact) mass is 139 g/mol. The quantitative estimate of drug-likeness (QED) is 0.314. The Morgan fingerprint density at radius 2 is 1.33 bits per heavy atom. The minimum atomic E-state index is -3.63. The van der Waals surface area contributed by atoms with Crippen LogP contribution in [0.25, 0.3) is 0 Å². The van der Waals surface area contributed by atoms with Gasteiger partial charge in [-0.1, -0.05) is 0 Å². The Balaban J connectivity index is -0.0000000450. The zero-order chi connectivity index (χ0) is 3.58. The molecule has 0 amide bonds. The van der Waals surface area contributed by atoms with Crippen LogP contribution >= 0.6 is 0 Å². The van der Waals surface area contributed by atoms with Crippen LogP contribution in [-0.4, -0.2) is 46.9 Å². The minimum absolute atomic E-state index is 0. The van der Waals surface area contributed by atoms with Crippen LogP contribution in [0.5, 0.6) is 0 Å². The molecule has 0 heterocycles. The largest absolute Gasteiger partial charge is 2.00 e. The summed E-state index contributed by atoms with van der Waals surface area (Å²) in [5.74, 6) is 0. The van der Waals surface area contributed by atoms with Crippen molar-refractivity contribution in [3.05, 3.63) is 0 Å². The summed E-state index contributed by atoms with van der Waals surface area (Å²) < 4.78 is 8.52. The van der Waals surface area contributed by atoms with Crippen molar-refractivity contribution in [2.45, 2.75) is 0 Å². The Labute approximate surface area is 88.9 Å². The molecule has 0 aromatic carbocycles. The third-order valence-corrected chi connectivity index (χ3v) is 0. The average molecular weight is 139 g/mol. The van der Waals surface area contributed by atoms with E-state index in [-0.39, 0.29) is 67.3 Å². The van der Waals surface area contributed by atoms with E-state index in [9.17, 15) is 0 Å². The molecule has 0 fully saturated rings. The van der Waals surface area contributed by atoms with Gasteiger partial charge in [0.25, 0.3) is 0 Å². The normalized spacial score (nSPS) is 4.00. The summed E-state index contributed by atoms with van der Waals surface area (Å²) in [5, 5.41) is 0. The van der Waals surface area contributed by atoms with Gasteiger partial charge in [-0.3, -0.25) is 0 Å². The summed E-state index contributed by atoms with van der Waals surface area (Å²) in [5.41, 5.74) is 0. The van der Waals surface area contributed by atoms with Crippen LogP contribution in [-0.2, 0) is 4.46 Å². The van der Waals surface area contributed by atoms with Crippen molar-refractivity contribution >= 4 is 46.9 Å². The second-order valence-corrected chi connectivity index (χ2v) is 0.750. The van der Waals surface area contributed by atoms with E-state index in [1.165, 1.54) is 0 Å². The molecule has 0 aliphatic rings. The SMILES string of the molecule is O=[Si]([O-])[O-].[Ca+2].[Na+]. The molecule has 3 nitrogen and oxygen atoms in total. The molecule has 0 aliphatic heterocycles. The molecule has 0 saturated carbocycles. The fourth-order valence-corrected chi connectivity index (χ4v) is 0. The van der Waals surface area contributed by atoms with E-state index in [1.54, 1.807) is 0 Å². The molecule has 0 aliphatic carbocycles. The number of rotatable bonds is 0. The molecular formula is CaNaO3Si+. The third kappa shape index (κ3) is 39.7. The summed E-state index contributed by atoms with van der Waals surface area (Å²) in [6.45, 7) is 0. The van der Waals surface area contributed by atoms with Crippen molar-refractivity contribution in [2.75, 3.05) is 0 Å². The van der Waals surface area contributed by atoms with Gasteiger partial charge in [0.05, 0.1) is 0 Å². The maximum absolute atomic E-state index is 8.52. The molecule has 24 valence electrons. The maximum Gasteiger partial charge on any atom is 2.00 e. The summed E-state index contributed by atoms with van der Waals surface area (Å²) in [6, 6.07) is 0. The molecule has 0 spiro atoms. The zero-order valence-corrected chi connectivity index (χ0v) is 8.64. The average Bonchev–Trinajstić information content (AvgIpc) is 0.811. The molecule has 0 atom stereocenters. The zero-order valence-electron chi connectivity index (χ0n) is 3.43. The van der Waals surface area contributed by atoms with E-state index in [1.807, 2.05) is 0 Å². The van der Waals surface area contributed by atoms with Gasteiger partial charge in [0, 0.05) is 9.17 Å². The molecule has 0 saturated heterocycles. The Morgan fingerprint density at radius 3 is 1.33 bits per heavy atom. The molecule has 6 heteroatoms. The van der Waals surface area contributed by atoms with E-state index in [4.69, 9.17) is 14.1 Å². The first-order valence-electron chi connectivity index (χ1n) is 0.612. The van der Waals surface area contributed by atoms with Crippen LogP contribution in [0.2, 0.25) is 0 Å². The van der Waals surface area contributed by atoms with Crippen molar-refractivity contribution in [1.82, 2.24) is 0 Å². The smallest absolute Gasteiger partial charge is 0.672 e. The second kappa shape index (κ2) is 9.99. The topological polar surface area (TPSA) is 63.2 Å². The van der Waals surface area contributed by atoms with E-state index >= 15 is 0 Å². The van der Waals surface area contributed by atoms with Crippen molar-refractivity contribution in [3.63, 3.8) is 0 Å². The standard InChI is InChI=1S/Ca.Na.O3Si/c;;1-4(2)3/q+2;+1;-2. The molecule has 0 bridgehead atoms. The van der Waals surface area contributed by atoms with E-state index < -0.39 is 9.17 Å². The third-order valence-electron chi connectivity index (χ3n) is 0. The van der Waals surface area contributed by atoms with Gasteiger partial charge in [-0.25, -0.2) is 0 Å². The summed E-state index contributed by atoms with van der Waals surface area (Å²) in [6.07, 6.45) is 0. The molecular weight excluding hydrogens is 139 g/mol. The molecule has 0 radical (unpaired) electrons. The van der Waals surface area contributed by atoms with E-state index in [0.717, 1.165) is 0 Å². The predicted molar refractivity (Wildman–Crippen MR) is 12.2 cm³/mol. The minimum Gasteiger partial charge on any atom is -0.672 e. The summed E-state index contributed by atoms with van der Waals surface area (Å²) in [7, 11) is -3.63. The second-order valence-electron chi connectivity index (χ2n) is 0.250. The summed E-state index contributed by atoms with van der Waals surface area (Å²) in [4.78, 5) is 17.0. The van der Waals surface area contributed by atoms with Crippen molar-refractivity contribution < 1.29 is 43.6 Å². The summed E-state index contributed by atoms with van der Waals surface area (Å²) >= 11 is 0. The number of hydrogen-bond acceptors (Lipinski definition) is 3. The van der Waals surface area contributed by atoms with Crippen LogP contribution in [0.3, 0.4) is 0 Å². The molecule has 0 aromatic heterocycles. The van der Waals surface area contributed by atoms with E-state index in [2.05, 4.69) is 0 Å². The first kappa shape index (κ1) is 15.7. The van der Waals surface area contributed by atoms with Crippen LogP contribution in [0.4, 0.5) is 0 Å². The molecule has 6 heavy (non-hydrogen) atoms. The van der Waals surface area contributed by atoms with Gasteiger partial charge < -0.3 is 14.1 Å². The van der Waals surface area contributed by atoms with Crippen LogP contribution < -0.4 is 39.1 Å². The number of hydrogen-bond donors (Lipinski definition) is 0. The fraction of sp³-hybridized carbons (Fsp3) is 0. The van der Waals surface area contributed by atoms with E-state index in [0.29, 0.717) is 0 Å². The fourth-order valence-electron chi connectivity index (χ4n) is 0. The molecule has 0 rings (SSSR count). The van der Waals surface area contributed by atoms with Crippen molar-refractivity contribution in [1.29, 1.82) is 0 Å². The van der Waals surface area contributed by atoms with Crippen LogP contribution in [0, 0.1) is 0 Å². The van der Waals surface area contributed by atoms with Gasteiger partial charge in [-0.15, -0.1) is 0 Å². The van der Waals surface area contributed by atoms with Gasteiger partial charge in [0.1, 0.15) is 0 Å². The van der Waals surface area contributed by atoms with Crippen molar-refractivity contribution in [2.24, 2.45) is 0 Å². The van der Waals surface area contributed by atoms with Gasteiger partial charge in [0.15, 0.2) is 0 Å². The Kier molecular flexibility index (Phi) is 26.1. The first-order chi connectivity index (χ1) is 1.73. The van der Waals surface area contributed by atoms with Gasteiger partial charge >= 0.3 is 67.3 Å². The Bertz CT molecular complexity index is 33.8. The first-order valence-corrected chi connectivity index (χ1v) is 1.84. The Morgan fingerprint density at radius 1 is 1.33 bits per heavy atom.